The topological polar surface area (TPSA) is 58.6 Å². The summed E-state index contributed by atoms with van der Waals surface area (Å²) >= 11 is 0. The molecule has 1 aliphatic carbocycles. The van der Waals surface area contributed by atoms with E-state index in [0.717, 1.165) is 17.7 Å². The summed E-state index contributed by atoms with van der Waals surface area (Å²) in [4.78, 5) is 10.9. The van der Waals surface area contributed by atoms with Crippen molar-refractivity contribution in [3.05, 3.63) is 29.3 Å². The molecule has 90 valence electrons. The second kappa shape index (κ2) is 4.04. The summed E-state index contributed by atoms with van der Waals surface area (Å²) < 4.78 is 5.64. The first kappa shape index (κ1) is 10.6. The minimum absolute atomic E-state index is 0.319. The zero-order chi connectivity index (χ0) is 11.8. The average Bonchev–Trinajstić information content (AvgIpc) is 3.12. The van der Waals surface area contributed by atoms with Gasteiger partial charge in [-0.3, -0.25) is 0 Å². The summed E-state index contributed by atoms with van der Waals surface area (Å²) in [6.07, 6.45) is 3.35. The van der Waals surface area contributed by atoms with E-state index in [0.29, 0.717) is 24.3 Å². The SMILES string of the molecule is O=C(O)c1ccc2c(c1)CC(NC1CC1)CO2. The molecule has 0 saturated heterocycles. The van der Waals surface area contributed by atoms with Gasteiger partial charge in [-0.2, -0.15) is 0 Å². The van der Waals surface area contributed by atoms with E-state index in [2.05, 4.69) is 5.32 Å². The summed E-state index contributed by atoms with van der Waals surface area (Å²) in [6.45, 7) is 0.677. The molecule has 1 aromatic carbocycles. The highest BCUT2D eigenvalue weighted by atomic mass is 16.5. The fraction of sp³-hybridized carbons (Fsp3) is 0.462. The number of carbonyl (C=O) groups is 1. The number of aromatic carboxylic acids is 1. The molecule has 1 fully saturated rings. The van der Waals surface area contributed by atoms with E-state index in [-0.39, 0.29) is 0 Å². The Kier molecular flexibility index (Phi) is 2.52. The Hall–Kier alpha value is -1.55. The Morgan fingerprint density at radius 2 is 2.18 bits per heavy atom. The molecule has 1 heterocycles. The molecule has 3 rings (SSSR count). The van der Waals surface area contributed by atoms with Gasteiger partial charge in [0.2, 0.25) is 0 Å². The third-order valence-corrected chi connectivity index (χ3v) is 3.26. The molecule has 0 aromatic heterocycles. The molecule has 1 aromatic rings. The Morgan fingerprint density at radius 1 is 1.35 bits per heavy atom. The lowest BCUT2D eigenvalue weighted by Gasteiger charge is -2.26. The Balaban J connectivity index is 1.78. The molecule has 1 atom stereocenters. The van der Waals surface area contributed by atoms with Crippen LogP contribution in [0.1, 0.15) is 28.8 Å². The lowest BCUT2D eigenvalue weighted by Crippen LogP contribution is -2.40. The normalized spacial score (nSPS) is 22.7. The molecule has 0 amide bonds. The minimum Gasteiger partial charge on any atom is -0.492 e. The summed E-state index contributed by atoms with van der Waals surface area (Å²) in [5.41, 5.74) is 1.33. The van der Waals surface area contributed by atoms with Gasteiger partial charge in [-0.1, -0.05) is 0 Å². The van der Waals surface area contributed by atoms with Crippen LogP contribution in [0.2, 0.25) is 0 Å². The smallest absolute Gasteiger partial charge is 0.335 e. The molecule has 0 bridgehead atoms. The van der Waals surface area contributed by atoms with Crippen LogP contribution in [0.5, 0.6) is 5.75 Å². The fourth-order valence-corrected chi connectivity index (χ4v) is 2.22. The zero-order valence-electron chi connectivity index (χ0n) is 9.48. The van der Waals surface area contributed by atoms with Crippen molar-refractivity contribution in [1.82, 2.24) is 5.32 Å². The van der Waals surface area contributed by atoms with Gasteiger partial charge >= 0.3 is 5.97 Å². The average molecular weight is 233 g/mol. The zero-order valence-corrected chi connectivity index (χ0v) is 9.48. The number of carboxylic acid groups (broad SMARTS) is 1. The first-order valence-corrected chi connectivity index (χ1v) is 5.97. The second-order valence-corrected chi connectivity index (χ2v) is 4.78. The highest BCUT2D eigenvalue weighted by Gasteiger charge is 2.28. The van der Waals surface area contributed by atoms with Gasteiger partial charge in [-0.25, -0.2) is 4.79 Å². The fourth-order valence-electron chi connectivity index (χ4n) is 2.22. The molecule has 1 unspecified atom stereocenters. The van der Waals surface area contributed by atoms with Crippen molar-refractivity contribution in [3.63, 3.8) is 0 Å². The first-order chi connectivity index (χ1) is 8.22. The van der Waals surface area contributed by atoms with E-state index in [1.54, 1.807) is 18.2 Å². The van der Waals surface area contributed by atoms with Crippen LogP contribution in [0.15, 0.2) is 18.2 Å². The van der Waals surface area contributed by atoms with Gasteiger partial charge in [0.15, 0.2) is 0 Å². The Bertz CT molecular complexity index is 454. The van der Waals surface area contributed by atoms with Crippen LogP contribution >= 0.6 is 0 Å². The summed E-state index contributed by atoms with van der Waals surface area (Å²) in [6, 6.07) is 6.03. The van der Waals surface area contributed by atoms with Gasteiger partial charge in [0.1, 0.15) is 12.4 Å². The van der Waals surface area contributed by atoms with E-state index in [4.69, 9.17) is 9.84 Å². The monoisotopic (exact) mass is 233 g/mol. The highest BCUT2D eigenvalue weighted by Crippen LogP contribution is 2.28. The Labute approximate surface area is 99.6 Å². The van der Waals surface area contributed by atoms with E-state index in [9.17, 15) is 4.79 Å². The summed E-state index contributed by atoms with van der Waals surface area (Å²) in [5, 5.41) is 12.5. The van der Waals surface area contributed by atoms with Gasteiger partial charge in [-0.15, -0.1) is 0 Å². The molecule has 2 aliphatic rings. The number of rotatable bonds is 3. The third-order valence-electron chi connectivity index (χ3n) is 3.26. The number of ether oxygens (including phenoxy) is 1. The molecule has 4 heteroatoms. The van der Waals surface area contributed by atoms with Crippen LogP contribution < -0.4 is 10.1 Å². The quantitative estimate of drug-likeness (QED) is 0.829. The summed E-state index contributed by atoms with van der Waals surface area (Å²) in [7, 11) is 0. The number of nitrogens with one attached hydrogen (secondary N) is 1. The molecule has 4 nitrogen and oxygen atoms in total. The predicted octanol–water partition coefficient (Wildman–Crippen LogP) is 1.44. The third kappa shape index (κ3) is 2.26. The van der Waals surface area contributed by atoms with Crippen LogP contribution in [0, 0.1) is 0 Å². The molecule has 2 N–H and O–H groups in total. The number of hydrogen-bond donors (Lipinski definition) is 2. The van der Waals surface area contributed by atoms with Crippen LogP contribution in [0.25, 0.3) is 0 Å². The first-order valence-electron chi connectivity index (χ1n) is 5.97. The minimum atomic E-state index is -0.884. The number of benzene rings is 1. The maximum absolute atomic E-state index is 10.9. The van der Waals surface area contributed by atoms with Gasteiger partial charge in [-0.05, 0) is 43.0 Å². The van der Waals surface area contributed by atoms with E-state index in [1.165, 1.54) is 12.8 Å². The van der Waals surface area contributed by atoms with Crippen LogP contribution in [-0.2, 0) is 6.42 Å². The lowest BCUT2D eigenvalue weighted by atomic mass is 10.00. The number of carboxylic acids is 1. The number of hydrogen-bond acceptors (Lipinski definition) is 3. The molecule has 1 aliphatic heterocycles. The van der Waals surface area contributed by atoms with Crippen molar-refractivity contribution in [2.75, 3.05) is 6.61 Å². The van der Waals surface area contributed by atoms with Crippen molar-refractivity contribution in [2.24, 2.45) is 0 Å². The van der Waals surface area contributed by atoms with E-state index in [1.807, 2.05) is 0 Å². The number of fused-ring (bicyclic) bond motifs is 1. The molecule has 1 saturated carbocycles. The van der Waals surface area contributed by atoms with Crippen molar-refractivity contribution in [2.45, 2.75) is 31.3 Å². The predicted molar refractivity (Wildman–Crippen MR) is 62.5 cm³/mol. The van der Waals surface area contributed by atoms with Crippen LogP contribution in [-0.4, -0.2) is 29.8 Å². The standard InChI is InChI=1S/C13H15NO3/c15-13(16)8-1-4-12-9(5-8)6-11(7-17-12)14-10-2-3-10/h1,4-5,10-11,14H,2-3,6-7H2,(H,15,16). The van der Waals surface area contributed by atoms with E-state index >= 15 is 0 Å². The van der Waals surface area contributed by atoms with Gasteiger partial charge in [0.05, 0.1) is 5.56 Å². The molecule has 17 heavy (non-hydrogen) atoms. The van der Waals surface area contributed by atoms with Crippen molar-refractivity contribution in [3.8, 4) is 5.75 Å². The molecule has 0 radical (unpaired) electrons. The largest absolute Gasteiger partial charge is 0.492 e. The maximum Gasteiger partial charge on any atom is 0.335 e. The van der Waals surface area contributed by atoms with Gasteiger partial charge < -0.3 is 15.2 Å². The van der Waals surface area contributed by atoms with Crippen molar-refractivity contribution < 1.29 is 14.6 Å². The second-order valence-electron chi connectivity index (χ2n) is 4.78. The van der Waals surface area contributed by atoms with Crippen LogP contribution in [0.3, 0.4) is 0 Å². The molecular formula is C13H15NO3. The van der Waals surface area contributed by atoms with E-state index < -0.39 is 5.97 Å². The lowest BCUT2D eigenvalue weighted by molar-refractivity contribution is 0.0696. The highest BCUT2D eigenvalue weighted by molar-refractivity contribution is 5.88. The van der Waals surface area contributed by atoms with Gasteiger partial charge in [0, 0.05) is 12.1 Å². The maximum atomic E-state index is 10.9. The van der Waals surface area contributed by atoms with Gasteiger partial charge in [0.25, 0.3) is 0 Å². The Morgan fingerprint density at radius 3 is 2.88 bits per heavy atom. The van der Waals surface area contributed by atoms with Crippen molar-refractivity contribution >= 4 is 5.97 Å². The van der Waals surface area contributed by atoms with Crippen molar-refractivity contribution in [1.29, 1.82) is 0 Å². The molecular weight excluding hydrogens is 218 g/mol. The molecule has 0 spiro atoms. The summed E-state index contributed by atoms with van der Waals surface area (Å²) in [5.74, 6) is -0.0612. The van der Waals surface area contributed by atoms with Crippen LogP contribution in [0.4, 0.5) is 0 Å².